The van der Waals surface area contributed by atoms with Crippen LogP contribution in [0.3, 0.4) is 0 Å². The lowest BCUT2D eigenvalue weighted by Crippen LogP contribution is -2.40. The smallest absolute Gasteiger partial charge is 0.271 e. The number of aliphatic hydroxyl groups is 1. The van der Waals surface area contributed by atoms with Crippen molar-refractivity contribution in [3.8, 4) is 11.3 Å². The van der Waals surface area contributed by atoms with Gasteiger partial charge in [-0.1, -0.05) is 43.5 Å². The van der Waals surface area contributed by atoms with E-state index in [2.05, 4.69) is 34.5 Å². The summed E-state index contributed by atoms with van der Waals surface area (Å²) in [6, 6.07) is 10.6. The third-order valence-corrected chi connectivity index (χ3v) is 6.78. The molecule has 1 amide bonds. The highest BCUT2D eigenvalue weighted by molar-refractivity contribution is 5.93. The van der Waals surface area contributed by atoms with E-state index in [9.17, 15) is 9.90 Å². The summed E-state index contributed by atoms with van der Waals surface area (Å²) in [5, 5.41) is 17.4. The molecular weight excluding hydrogens is 374 g/mol. The third kappa shape index (κ3) is 5.12. The number of hydrogen-bond donors (Lipinski definition) is 2. The number of rotatable bonds is 5. The molecular formula is C25H35N3O2. The molecule has 2 aliphatic rings. The lowest BCUT2D eigenvalue weighted by molar-refractivity contribution is 0.0357. The van der Waals surface area contributed by atoms with Crippen molar-refractivity contribution in [1.29, 1.82) is 0 Å². The monoisotopic (exact) mass is 409 g/mol. The van der Waals surface area contributed by atoms with Crippen molar-refractivity contribution in [3.05, 3.63) is 41.6 Å². The molecule has 1 aliphatic carbocycles. The molecule has 0 spiro atoms. The van der Waals surface area contributed by atoms with E-state index >= 15 is 0 Å². The van der Waals surface area contributed by atoms with Crippen molar-refractivity contribution >= 4 is 5.91 Å². The van der Waals surface area contributed by atoms with Crippen LogP contribution in [-0.2, 0) is 0 Å². The Morgan fingerprint density at radius 2 is 1.77 bits per heavy atom. The molecule has 1 aromatic heterocycles. The third-order valence-electron chi connectivity index (χ3n) is 6.78. The minimum absolute atomic E-state index is 0.0225. The van der Waals surface area contributed by atoms with E-state index in [4.69, 9.17) is 0 Å². The van der Waals surface area contributed by atoms with Gasteiger partial charge in [-0.2, -0.15) is 5.10 Å². The van der Waals surface area contributed by atoms with Gasteiger partial charge in [-0.05, 0) is 69.4 Å². The summed E-state index contributed by atoms with van der Waals surface area (Å²) in [4.78, 5) is 14.8. The number of nitrogens with one attached hydrogen (secondary N) is 1. The predicted molar refractivity (Wildman–Crippen MR) is 119 cm³/mol. The lowest BCUT2D eigenvalue weighted by Gasteiger charge is -2.34. The van der Waals surface area contributed by atoms with Gasteiger partial charge in [0.25, 0.3) is 5.91 Å². The van der Waals surface area contributed by atoms with E-state index in [-0.39, 0.29) is 5.91 Å². The first-order chi connectivity index (χ1) is 14.4. The highest BCUT2D eigenvalue weighted by atomic mass is 16.3. The molecule has 0 radical (unpaired) electrons. The van der Waals surface area contributed by atoms with Crippen LogP contribution in [0.25, 0.3) is 11.3 Å². The summed E-state index contributed by atoms with van der Waals surface area (Å²) in [5.74, 6) is 1.20. The number of carbonyl (C=O) groups excluding carboxylic acids is 1. The maximum atomic E-state index is 12.9. The largest absolute Gasteiger partial charge is 0.390 e. The van der Waals surface area contributed by atoms with E-state index in [0.717, 1.165) is 43.6 Å². The van der Waals surface area contributed by atoms with Crippen LogP contribution >= 0.6 is 0 Å². The van der Waals surface area contributed by atoms with Crippen molar-refractivity contribution in [1.82, 2.24) is 15.1 Å². The molecule has 2 fully saturated rings. The van der Waals surface area contributed by atoms with E-state index in [1.54, 1.807) is 0 Å². The fourth-order valence-electron chi connectivity index (χ4n) is 5.16. The van der Waals surface area contributed by atoms with Crippen LogP contribution in [0.15, 0.2) is 30.3 Å². The SMILES string of the molecule is CC(C)(O)CC1CCN(C(=O)c2cc(-c3ccc(C4CCCCC4)cc3)n[nH]2)CC1. The van der Waals surface area contributed by atoms with Crippen LogP contribution in [0.2, 0.25) is 0 Å². The van der Waals surface area contributed by atoms with Gasteiger partial charge >= 0.3 is 0 Å². The molecule has 30 heavy (non-hydrogen) atoms. The van der Waals surface area contributed by atoms with Gasteiger partial charge in [0.1, 0.15) is 5.69 Å². The number of aromatic nitrogens is 2. The number of piperidine rings is 1. The summed E-state index contributed by atoms with van der Waals surface area (Å²) in [5.41, 5.74) is 3.22. The highest BCUT2D eigenvalue weighted by Gasteiger charge is 2.28. The Morgan fingerprint density at radius 1 is 1.10 bits per heavy atom. The number of hydrogen-bond acceptors (Lipinski definition) is 3. The Labute approximate surface area is 179 Å². The molecule has 2 aromatic rings. The van der Waals surface area contributed by atoms with Crippen molar-refractivity contribution in [3.63, 3.8) is 0 Å². The first kappa shape index (κ1) is 21.1. The number of carbonyl (C=O) groups is 1. The van der Waals surface area contributed by atoms with Crippen molar-refractivity contribution in [2.24, 2.45) is 5.92 Å². The van der Waals surface area contributed by atoms with Crippen LogP contribution in [0.5, 0.6) is 0 Å². The number of likely N-dealkylation sites (tertiary alicyclic amines) is 1. The average molecular weight is 410 g/mol. The summed E-state index contributed by atoms with van der Waals surface area (Å²) in [6.45, 7) is 5.20. The second-order valence-corrected chi connectivity index (χ2v) is 9.88. The fourth-order valence-corrected chi connectivity index (χ4v) is 5.16. The van der Waals surface area contributed by atoms with Crippen LogP contribution in [0, 0.1) is 5.92 Å². The summed E-state index contributed by atoms with van der Waals surface area (Å²) < 4.78 is 0. The quantitative estimate of drug-likeness (QED) is 0.718. The number of aromatic amines is 1. The Balaban J connectivity index is 1.36. The van der Waals surface area contributed by atoms with Crippen molar-refractivity contribution < 1.29 is 9.90 Å². The molecule has 1 aromatic carbocycles. The molecule has 5 nitrogen and oxygen atoms in total. The molecule has 5 heteroatoms. The lowest BCUT2D eigenvalue weighted by atomic mass is 9.84. The fraction of sp³-hybridized carbons (Fsp3) is 0.600. The van der Waals surface area contributed by atoms with Gasteiger partial charge < -0.3 is 10.0 Å². The van der Waals surface area contributed by atoms with Crippen LogP contribution in [0.1, 0.15) is 87.2 Å². The maximum Gasteiger partial charge on any atom is 0.271 e. The molecule has 162 valence electrons. The van der Waals surface area contributed by atoms with Crippen LogP contribution < -0.4 is 0 Å². The molecule has 0 unspecified atom stereocenters. The highest BCUT2D eigenvalue weighted by Crippen LogP contribution is 2.33. The molecule has 1 saturated carbocycles. The first-order valence-electron chi connectivity index (χ1n) is 11.6. The normalized spacial score (nSPS) is 19.2. The van der Waals surface area contributed by atoms with Gasteiger partial charge in [0.2, 0.25) is 0 Å². The minimum atomic E-state index is -0.637. The van der Waals surface area contributed by atoms with E-state index in [1.807, 2.05) is 24.8 Å². The zero-order chi connectivity index (χ0) is 21.1. The second kappa shape index (κ2) is 8.93. The van der Waals surface area contributed by atoms with Crippen molar-refractivity contribution in [2.75, 3.05) is 13.1 Å². The average Bonchev–Trinajstić information content (AvgIpc) is 3.24. The number of benzene rings is 1. The van der Waals surface area contributed by atoms with Gasteiger partial charge in [-0.15, -0.1) is 0 Å². The van der Waals surface area contributed by atoms with Crippen molar-refractivity contribution in [2.45, 2.75) is 76.7 Å². The summed E-state index contributed by atoms with van der Waals surface area (Å²) in [7, 11) is 0. The second-order valence-electron chi connectivity index (χ2n) is 9.88. The van der Waals surface area contributed by atoms with E-state index in [1.165, 1.54) is 37.7 Å². The molecule has 0 atom stereocenters. The number of amides is 1. The molecule has 1 saturated heterocycles. The minimum Gasteiger partial charge on any atom is -0.390 e. The van der Waals surface area contributed by atoms with Gasteiger partial charge in [0, 0.05) is 18.7 Å². The topological polar surface area (TPSA) is 69.2 Å². The molecule has 4 rings (SSSR count). The van der Waals surface area contributed by atoms with Crippen LogP contribution in [-0.4, -0.2) is 44.8 Å². The van der Waals surface area contributed by atoms with Crippen LogP contribution in [0.4, 0.5) is 0 Å². The zero-order valence-electron chi connectivity index (χ0n) is 18.4. The Hall–Kier alpha value is -2.14. The zero-order valence-corrected chi connectivity index (χ0v) is 18.4. The maximum absolute atomic E-state index is 12.9. The Bertz CT molecular complexity index is 836. The Morgan fingerprint density at radius 3 is 2.40 bits per heavy atom. The Kier molecular flexibility index (Phi) is 6.28. The standard InChI is InChI=1S/C25H35N3O2/c1-25(2,30)17-18-12-14-28(15-13-18)24(29)23-16-22(26-27-23)21-10-8-20(9-11-21)19-6-4-3-5-7-19/h8-11,16,18-19,30H,3-7,12-15,17H2,1-2H3,(H,26,27). The van der Waals surface area contributed by atoms with E-state index in [0.29, 0.717) is 17.5 Å². The van der Waals surface area contributed by atoms with E-state index < -0.39 is 5.60 Å². The summed E-state index contributed by atoms with van der Waals surface area (Å²) in [6.07, 6.45) is 9.33. The molecule has 2 N–H and O–H groups in total. The first-order valence-corrected chi connectivity index (χ1v) is 11.6. The predicted octanol–water partition coefficient (Wildman–Crippen LogP) is 5.14. The van der Waals surface area contributed by atoms with Gasteiger partial charge in [0.05, 0.1) is 11.3 Å². The number of H-pyrrole nitrogens is 1. The van der Waals surface area contributed by atoms with Gasteiger partial charge in [0.15, 0.2) is 0 Å². The van der Waals surface area contributed by atoms with Gasteiger partial charge in [-0.3, -0.25) is 9.89 Å². The molecule has 1 aliphatic heterocycles. The summed E-state index contributed by atoms with van der Waals surface area (Å²) >= 11 is 0. The molecule has 2 heterocycles. The molecule has 0 bridgehead atoms. The van der Waals surface area contributed by atoms with Gasteiger partial charge in [-0.25, -0.2) is 0 Å². The number of nitrogens with zero attached hydrogens (tertiary/aromatic N) is 2.